The predicted octanol–water partition coefficient (Wildman–Crippen LogP) is -0.833. The van der Waals surface area contributed by atoms with Crippen LogP contribution in [0.3, 0.4) is 0 Å². The van der Waals surface area contributed by atoms with E-state index in [9.17, 15) is 4.79 Å². The molecule has 7 heteroatoms. The van der Waals surface area contributed by atoms with Crippen LogP contribution in [-0.4, -0.2) is 45.4 Å². The quantitative estimate of drug-likeness (QED) is 0.606. The third kappa shape index (κ3) is 4.20. The Bertz CT molecular complexity index is 341. The Balaban J connectivity index is 2.48. The minimum atomic E-state index is -0.935. The highest BCUT2D eigenvalue weighted by Crippen LogP contribution is 2.08. The fraction of sp³-hybridized carbons (Fsp3) is 0.444. The maximum Gasteiger partial charge on any atom is 0.229 e. The van der Waals surface area contributed by atoms with Crippen LogP contribution in [0, 0.1) is 0 Å². The highest BCUT2D eigenvalue weighted by atomic mass is 16.5. The maximum absolute atomic E-state index is 10.7. The van der Waals surface area contributed by atoms with Crippen molar-refractivity contribution in [2.45, 2.75) is 13.0 Å². The van der Waals surface area contributed by atoms with Crippen LogP contribution in [0.4, 0.5) is 5.95 Å². The summed E-state index contributed by atoms with van der Waals surface area (Å²) in [7, 11) is 0. The fourth-order valence-corrected chi connectivity index (χ4v) is 0.858. The zero-order valence-corrected chi connectivity index (χ0v) is 8.75. The van der Waals surface area contributed by atoms with E-state index in [1.807, 2.05) is 0 Å². The summed E-state index contributed by atoms with van der Waals surface area (Å²) in [5.74, 6) is 0.272. The smallest absolute Gasteiger partial charge is 0.229 e. The first kappa shape index (κ1) is 12.3. The van der Waals surface area contributed by atoms with Gasteiger partial charge in [-0.15, -0.1) is 0 Å². The average molecular weight is 227 g/mol. The van der Waals surface area contributed by atoms with E-state index in [4.69, 9.17) is 14.9 Å². The SMILES string of the molecule is CC(=O)Nc1ncc(OC[C@H](O)CO)cn1. The van der Waals surface area contributed by atoms with Crippen molar-refractivity contribution in [3.8, 4) is 5.75 Å². The Morgan fingerprint density at radius 3 is 2.69 bits per heavy atom. The van der Waals surface area contributed by atoms with Crippen molar-refractivity contribution >= 4 is 11.9 Å². The molecular weight excluding hydrogens is 214 g/mol. The van der Waals surface area contributed by atoms with E-state index >= 15 is 0 Å². The largest absolute Gasteiger partial charge is 0.488 e. The molecule has 0 bridgehead atoms. The molecule has 0 aliphatic heterocycles. The van der Waals surface area contributed by atoms with Crippen molar-refractivity contribution in [3.63, 3.8) is 0 Å². The number of nitrogens with zero attached hydrogens (tertiary/aromatic N) is 2. The van der Waals surface area contributed by atoms with Crippen LogP contribution in [0.1, 0.15) is 6.92 Å². The van der Waals surface area contributed by atoms with Gasteiger partial charge in [-0.25, -0.2) is 9.97 Å². The third-order valence-electron chi connectivity index (χ3n) is 1.57. The molecule has 1 heterocycles. The molecule has 0 unspecified atom stereocenters. The minimum Gasteiger partial charge on any atom is -0.488 e. The van der Waals surface area contributed by atoms with E-state index in [2.05, 4.69) is 15.3 Å². The summed E-state index contributed by atoms with van der Waals surface area (Å²) in [5.41, 5.74) is 0. The molecule has 1 rings (SSSR count). The summed E-state index contributed by atoms with van der Waals surface area (Å²) in [6, 6.07) is 0. The van der Waals surface area contributed by atoms with Crippen LogP contribution in [0.15, 0.2) is 12.4 Å². The van der Waals surface area contributed by atoms with Crippen LogP contribution in [0.25, 0.3) is 0 Å². The summed E-state index contributed by atoms with van der Waals surface area (Å²) in [6.07, 6.45) is 1.79. The molecule has 0 fully saturated rings. The Morgan fingerprint density at radius 1 is 1.56 bits per heavy atom. The highest BCUT2D eigenvalue weighted by Gasteiger charge is 2.04. The van der Waals surface area contributed by atoms with Crippen LogP contribution in [0.2, 0.25) is 0 Å². The summed E-state index contributed by atoms with van der Waals surface area (Å²) in [4.78, 5) is 18.3. The third-order valence-corrected chi connectivity index (χ3v) is 1.57. The van der Waals surface area contributed by atoms with Crippen LogP contribution in [0.5, 0.6) is 5.75 Å². The molecule has 0 spiro atoms. The lowest BCUT2D eigenvalue weighted by molar-refractivity contribution is -0.114. The van der Waals surface area contributed by atoms with E-state index < -0.39 is 6.10 Å². The van der Waals surface area contributed by atoms with Crippen LogP contribution < -0.4 is 10.1 Å². The number of carbonyl (C=O) groups excluding carboxylic acids is 1. The average Bonchev–Trinajstić information content (AvgIpc) is 2.27. The predicted molar refractivity (Wildman–Crippen MR) is 54.9 cm³/mol. The molecule has 1 atom stereocenters. The molecule has 88 valence electrons. The molecular formula is C9H13N3O4. The molecule has 0 aliphatic carbocycles. The Morgan fingerprint density at radius 2 is 2.19 bits per heavy atom. The summed E-state index contributed by atoms with van der Waals surface area (Å²) >= 11 is 0. The number of carbonyl (C=O) groups is 1. The molecule has 16 heavy (non-hydrogen) atoms. The highest BCUT2D eigenvalue weighted by molar-refractivity contribution is 5.86. The van der Waals surface area contributed by atoms with E-state index in [1.54, 1.807) is 0 Å². The number of nitrogens with one attached hydrogen (secondary N) is 1. The summed E-state index contributed by atoms with van der Waals surface area (Å²) in [6.45, 7) is 0.940. The number of aliphatic hydroxyl groups excluding tert-OH is 2. The number of amides is 1. The van der Waals surface area contributed by atoms with Crippen molar-refractivity contribution in [1.82, 2.24) is 9.97 Å². The lowest BCUT2D eigenvalue weighted by Crippen LogP contribution is -2.21. The van der Waals surface area contributed by atoms with Gasteiger partial charge < -0.3 is 14.9 Å². The Hall–Kier alpha value is -1.73. The van der Waals surface area contributed by atoms with Crippen molar-refractivity contribution in [2.24, 2.45) is 0 Å². The van der Waals surface area contributed by atoms with Crippen molar-refractivity contribution in [1.29, 1.82) is 0 Å². The van der Waals surface area contributed by atoms with E-state index in [1.165, 1.54) is 19.3 Å². The van der Waals surface area contributed by atoms with Crippen molar-refractivity contribution < 1.29 is 19.7 Å². The van der Waals surface area contributed by atoms with Gasteiger partial charge in [0.15, 0.2) is 5.75 Å². The fourth-order valence-electron chi connectivity index (χ4n) is 0.858. The van der Waals surface area contributed by atoms with Gasteiger partial charge in [0, 0.05) is 6.92 Å². The molecule has 0 aliphatic rings. The first-order chi connectivity index (χ1) is 7.61. The Kier molecular flexibility index (Phi) is 4.62. The van der Waals surface area contributed by atoms with Gasteiger partial charge in [0.1, 0.15) is 12.7 Å². The number of aromatic nitrogens is 2. The van der Waals surface area contributed by atoms with Gasteiger partial charge >= 0.3 is 0 Å². The Labute approximate surface area is 92.1 Å². The first-order valence-electron chi connectivity index (χ1n) is 4.63. The number of hydrogen-bond acceptors (Lipinski definition) is 6. The van der Waals surface area contributed by atoms with Gasteiger partial charge in [-0.3, -0.25) is 10.1 Å². The van der Waals surface area contributed by atoms with Crippen molar-refractivity contribution in [2.75, 3.05) is 18.5 Å². The molecule has 1 amide bonds. The molecule has 3 N–H and O–H groups in total. The van der Waals surface area contributed by atoms with E-state index in [0.29, 0.717) is 5.75 Å². The topological polar surface area (TPSA) is 105 Å². The van der Waals surface area contributed by atoms with Gasteiger partial charge in [-0.1, -0.05) is 0 Å². The number of hydrogen-bond donors (Lipinski definition) is 3. The van der Waals surface area contributed by atoms with E-state index in [-0.39, 0.29) is 25.1 Å². The molecule has 1 aromatic heterocycles. The first-order valence-corrected chi connectivity index (χ1v) is 4.63. The van der Waals surface area contributed by atoms with Gasteiger partial charge in [0.2, 0.25) is 11.9 Å². The molecule has 7 nitrogen and oxygen atoms in total. The molecule has 0 saturated heterocycles. The normalized spacial score (nSPS) is 11.9. The molecule has 0 radical (unpaired) electrons. The second kappa shape index (κ2) is 5.99. The second-order valence-corrected chi connectivity index (χ2v) is 3.07. The second-order valence-electron chi connectivity index (χ2n) is 3.07. The summed E-state index contributed by atoms with van der Waals surface area (Å²) in [5, 5.41) is 20.0. The van der Waals surface area contributed by atoms with Gasteiger partial charge in [-0.2, -0.15) is 0 Å². The van der Waals surface area contributed by atoms with Gasteiger partial charge in [0.05, 0.1) is 19.0 Å². The number of ether oxygens (including phenoxy) is 1. The van der Waals surface area contributed by atoms with Gasteiger partial charge in [0.25, 0.3) is 0 Å². The number of anilines is 1. The summed E-state index contributed by atoms with van der Waals surface area (Å²) < 4.78 is 5.07. The monoisotopic (exact) mass is 227 g/mol. The van der Waals surface area contributed by atoms with Crippen LogP contribution >= 0.6 is 0 Å². The number of aliphatic hydroxyl groups is 2. The van der Waals surface area contributed by atoms with E-state index in [0.717, 1.165) is 0 Å². The van der Waals surface area contributed by atoms with Crippen LogP contribution in [-0.2, 0) is 4.79 Å². The lowest BCUT2D eigenvalue weighted by atomic mass is 10.4. The lowest BCUT2D eigenvalue weighted by Gasteiger charge is -2.09. The standard InChI is InChI=1S/C9H13N3O4/c1-6(14)12-9-10-2-8(3-11-9)16-5-7(15)4-13/h2-3,7,13,15H,4-5H2,1H3,(H,10,11,12,14)/t7-/m1/s1. The minimum absolute atomic E-state index is 0.0423. The zero-order valence-electron chi connectivity index (χ0n) is 8.75. The number of rotatable bonds is 5. The molecule has 0 saturated carbocycles. The maximum atomic E-state index is 10.7. The zero-order chi connectivity index (χ0) is 12.0. The van der Waals surface area contributed by atoms with Crippen molar-refractivity contribution in [3.05, 3.63) is 12.4 Å². The molecule has 1 aromatic rings. The molecule has 0 aromatic carbocycles. The van der Waals surface area contributed by atoms with Gasteiger partial charge in [-0.05, 0) is 0 Å².